The second-order valence-electron chi connectivity index (χ2n) is 6.40. The lowest BCUT2D eigenvalue weighted by Gasteiger charge is -2.22. The van der Waals surface area contributed by atoms with Gasteiger partial charge in [0.05, 0.1) is 18.7 Å². The largest absolute Gasteiger partial charge is 0.356 e. The number of aromatic nitrogens is 2. The number of hydrogen-bond acceptors (Lipinski definition) is 4. The van der Waals surface area contributed by atoms with Gasteiger partial charge in [0.15, 0.2) is 5.76 Å². The molecule has 0 saturated heterocycles. The predicted octanol–water partition coefficient (Wildman–Crippen LogP) is 4.51. The maximum absolute atomic E-state index is 13.1. The first kappa shape index (κ1) is 17.7. The molecule has 0 N–H and O–H groups in total. The predicted molar refractivity (Wildman–Crippen MR) is 108 cm³/mol. The number of carbonyl (C=O) groups is 1. The van der Waals surface area contributed by atoms with E-state index in [2.05, 4.69) is 10.1 Å². The normalized spacial score (nSPS) is 10.6. The monoisotopic (exact) mass is 369 g/mol. The first-order valence-corrected chi connectivity index (χ1v) is 9.05. The molecule has 0 fully saturated rings. The molecular formula is C23H19N3O2. The summed E-state index contributed by atoms with van der Waals surface area (Å²) in [6, 6.07) is 25.0. The van der Waals surface area contributed by atoms with Crippen molar-refractivity contribution in [2.24, 2.45) is 0 Å². The Morgan fingerprint density at radius 1 is 0.929 bits per heavy atom. The summed E-state index contributed by atoms with van der Waals surface area (Å²) in [6.45, 7) is 0.445. The minimum Gasteiger partial charge on any atom is -0.356 e. The third-order valence-electron chi connectivity index (χ3n) is 4.38. The number of para-hydroxylation sites is 1. The van der Waals surface area contributed by atoms with E-state index in [1.54, 1.807) is 17.3 Å². The van der Waals surface area contributed by atoms with Crippen molar-refractivity contribution in [1.82, 2.24) is 10.1 Å². The van der Waals surface area contributed by atoms with Gasteiger partial charge in [0.25, 0.3) is 0 Å². The summed E-state index contributed by atoms with van der Waals surface area (Å²) < 4.78 is 5.42. The van der Waals surface area contributed by atoms with Crippen LogP contribution in [-0.2, 0) is 17.8 Å². The number of pyridine rings is 1. The molecule has 28 heavy (non-hydrogen) atoms. The van der Waals surface area contributed by atoms with Crippen LogP contribution >= 0.6 is 0 Å². The van der Waals surface area contributed by atoms with Crippen LogP contribution in [0, 0.1) is 0 Å². The summed E-state index contributed by atoms with van der Waals surface area (Å²) in [5, 5.41) is 4.08. The number of rotatable bonds is 6. The van der Waals surface area contributed by atoms with Gasteiger partial charge in [-0.1, -0.05) is 59.8 Å². The highest BCUT2D eigenvalue weighted by molar-refractivity contribution is 5.94. The van der Waals surface area contributed by atoms with Gasteiger partial charge in [-0.2, -0.15) is 0 Å². The second-order valence-corrected chi connectivity index (χ2v) is 6.40. The van der Waals surface area contributed by atoms with E-state index in [0.717, 1.165) is 16.8 Å². The van der Waals surface area contributed by atoms with Crippen molar-refractivity contribution < 1.29 is 9.32 Å². The van der Waals surface area contributed by atoms with Crippen molar-refractivity contribution in [3.05, 3.63) is 103 Å². The van der Waals surface area contributed by atoms with Crippen LogP contribution < -0.4 is 4.90 Å². The summed E-state index contributed by atoms with van der Waals surface area (Å²) in [6.07, 6.45) is 3.65. The lowest BCUT2D eigenvalue weighted by Crippen LogP contribution is -2.31. The van der Waals surface area contributed by atoms with Gasteiger partial charge < -0.3 is 9.42 Å². The topological polar surface area (TPSA) is 59.2 Å². The highest BCUT2D eigenvalue weighted by Gasteiger charge is 2.19. The number of benzene rings is 2. The Labute approximate surface area is 163 Å². The maximum Gasteiger partial charge on any atom is 0.233 e. The molecule has 0 saturated carbocycles. The van der Waals surface area contributed by atoms with Gasteiger partial charge in [-0.25, -0.2) is 0 Å². The highest BCUT2D eigenvalue weighted by atomic mass is 16.5. The van der Waals surface area contributed by atoms with Gasteiger partial charge in [-0.15, -0.1) is 0 Å². The van der Waals surface area contributed by atoms with Crippen molar-refractivity contribution in [3.63, 3.8) is 0 Å². The molecule has 4 aromatic rings. The average Bonchev–Trinajstić information content (AvgIpc) is 3.22. The molecule has 0 spiro atoms. The van der Waals surface area contributed by atoms with E-state index < -0.39 is 0 Å². The Morgan fingerprint density at radius 3 is 2.39 bits per heavy atom. The molecule has 0 aliphatic heterocycles. The molecule has 1 amide bonds. The Balaban J connectivity index is 1.55. The number of anilines is 1. The van der Waals surface area contributed by atoms with Gasteiger partial charge in [-0.3, -0.25) is 9.78 Å². The fraction of sp³-hybridized carbons (Fsp3) is 0.0870. The summed E-state index contributed by atoms with van der Waals surface area (Å²) in [5.74, 6) is 0.602. The minimum absolute atomic E-state index is 0.0528. The molecule has 4 rings (SSSR count). The molecule has 2 heterocycles. The van der Waals surface area contributed by atoms with E-state index >= 15 is 0 Å². The number of amides is 1. The smallest absolute Gasteiger partial charge is 0.233 e. The number of nitrogens with zero attached hydrogens (tertiary/aromatic N) is 3. The lowest BCUT2D eigenvalue weighted by atomic mass is 10.1. The molecule has 0 unspecified atom stereocenters. The van der Waals surface area contributed by atoms with Crippen LogP contribution in [0.15, 0.2) is 95.8 Å². The van der Waals surface area contributed by atoms with E-state index in [1.165, 1.54) is 0 Å². The number of hydrogen-bond donors (Lipinski definition) is 0. The quantitative estimate of drug-likeness (QED) is 0.502. The van der Waals surface area contributed by atoms with Crippen molar-refractivity contribution >= 4 is 11.6 Å². The summed E-state index contributed by atoms with van der Waals surface area (Å²) in [4.78, 5) is 19.0. The summed E-state index contributed by atoms with van der Waals surface area (Å²) in [5.41, 5.74) is 3.34. The Bertz CT molecular complexity index is 1030. The van der Waals surface area contributed by atoms with Gasteiger partial charge in [0.1, 0.15) is 0 Å². The molecule has 0 aliphatic rings. The molecule has 0 bridgehead atoms. The standard InChI is InChI=1S/C23H19N3O2/c27-23(15-20-14-22(28-25-20)19-9-3-1-4-10-19)26(21-11-5-2-6-12-21)17-18-8-7-13-24-16-18/h1-14,16H,15,17H2. The Kier molecular flexibility index (Phi) is 5.24. The second kappa shape index (κ2) is 8.31. The van der Waals surface area contributed by atoms with E-state index in [9.17, 15) is 4.79 Å². The van der Waals surface area contributed by atoms with Crippen LogP contribution in [0.1, 0.15) is 11.3 Å². The van der Waals surface area contributed by atoms with E-state index in [4.69, 9.17) is 4.52 Å². The third-order valence-corrected chi connectivity index (χ3v) is 4.38. The third kappa shape index (κ3) is 4.15. The maximum atomic E-state index is 13.1. The van der Waals surface area contributed by atoms with Crippen molar-refractivity contribution in [2.75, 3.05) is 4.90 Å². The Hall–Kier alpha value is -3.73. The molecule has 2 aromatic heterocycles. The minimum atomic E-state index is -0.0528. The van der Waals surface area contributed by atoms with Gasteiger partial charge in [0.2, 0.25) is 5.91 Å². The van der Waals surface area contributed by atoms with Crippen molar-refractivity contribution in [2.45, 2.75) is 13.0 Å². The fourth-order valence-corrected chi connectivity index (χ4v) is 2.99. The van der Waals surface area contributed by atoms with Crippen LogP contribution in [-0.4, -0.2) is 16.0 Å². The fourth-order valence-electron chi connectivity index (χ4n) is 2.99. The molecule has 5 heteroatoms. The first-order chi connectivity index (χ1) is 13.8. The van der Waals surface area contributed by atoms with Crippen molar-refractivity contribution in [1.29, 1.82) is 0 Å². The zero-order chi connectivity index (χ0) is 19.2. The summed E-state index contributed by atoms with van der Waals surface area (Å²) >= 11 is 0. The lowest BCUT2D eigenvalue weighted by molar-refractivity contribution is -0.118. The molecule has 2 aromatic carbocycles. The molecule has 0 radical (unpaired) electrons. The molecule has 138 valence electrons. The molecule has 0 atom stereocenters. The summed E-state index contributed by atoms with van der Waals surface area (Å²) in [7, 11) is 0. The van der Waals surface area contributed by atoms with Gasteiger partial charge >= 0.3 is 0 Å². The first-order valence-electron chi connectivity index (χ1n) is 9.05. The van der Waals surface area contributed by atoms with Crippen LogP contribution in [0.4, 0.5) is 5.69 Å². The van der Waals surface area contributed by atoms with Gasteiger partial charge in [-0.05, 0) is 23.8 Å². The highest BCUT2D eigenvalue weighted by Crippen LogP contribution is 2.22. The van der Waals surface area contributed by atoms with Gasteiger partial charge in [0, 0.05) is 29.7 Å². The van der Waals surface area contributed by atoms with E-state index in [1.807, 2.05) is 78.9 Å². The zero-order valence-corrected chi connectivity index (χ0v) is 15.2. The SMILES string of the molecule is O=C(Cc1cc(-c2ccccc2)on1)N(Cc1cccnc1)c1ccccc1. The number of carbonyl (C=O) groups excluding carboxylic acids is 1. The van der Waals surface area contributed by atoms with Crippen LogP contribution in [0.2, 0.25) is 0 Å². The van der Waals surface area contributed by atoms with Crippen molar-refractivity contribution in [3.8, 4) is 11.3 Å². The molecule has 5 nitrogen and oxygen atoms in total. The van der Waals surface area contributed by atoms with Crippen LogP contribution in [0.25, 0.3) is 11.3 Å². The van der Waals surface area contributed by atoms with E-state index in [0.29, 0.717) is 18.0 Å². The van der Waals surface area contributed by atoms with E-state index in [-0.39, 0.29) is 12.3 Å². The molecule has 0 aliphatic carbocycles. The van der Waals surface area contributed by atoms with Crippen LogP contribution in [0.5, 0.6) is 0 Å². The Morgan fingerprint density at radius 2 is 1.68 bits per heavy atom. The zero-order valence-electron chi connectivity index (χ0n) is 15.2. The van der Waals surface area contributed by atoms with Crippen LogP contribution in [0.3, 0.4) is 0 Å². The average molecular weight is 369 g/mol. The molecular weight excluding hydrogens is 350 g/mol.